The van der Waals surface area contributed by atoms with E-state index in [0.717, 1.165) is 16.1 Å². The molecule has 0 unspecified atom stereocenters. The molecule has 0 aliphatic rings. The summed E-state index contributed by atoms with van der Waals surface area (Å²) in [6.07, 6.45) is 0. The Morgan fingerprint density at radius 3 is 2.35 bits per heavy atom. The van der Waals surface area contributed by atoms with Gasteiger partial charge in [-0.3, -0.25) is 0 Å². The van der Waals surface area contributed by atoms with Gasteiger partial charge in [-0.2, -0.15) is 5.06 Å². The minimum absolute atomic E-state index is 0.373. The van der Waals surface area contributed by atoms with Crippen LogP contribution in [0.3, 0.4) is 0 Å². The lowest BCUT2D eigenvalue weighted by Crippen LogP contribution is -2.38. The summed E-state index contributed by atoms with van der Waals surface area (Å²) in [5, 5.41) is 12.9. The van der Waals surface area contributed by atoms with E-state index >= 15 is 0 Å². The molecule has 0 aliphatic carbocycles. The van der Waals surface area contributed by atoms with Gasteiger partial charge in [-0.1, -0.05) is 5.21 Å². The Morgan fingerprint density at radius 1 is 1.18 bits per heavy atom. The van der Waals surface area contributed by atoms with Crippen LogP contribution in [0.25, 0.3) is 11.0 Å². The van der Waals surface area contributed by atoms with Crippen LogP contribution in [0.2, 0.25) is 0 Å². The first kappa shape index (κ1) is 11.9. The van der Waals surface area contributed by atoms with Gasteiger partial charge in [0, 0.05) is 0 Å². The highest BCUT2D eigenvalue weighted by molar-refractivity contribution is 5.79. The van der Waals surface area contributed by atoms with Crippen molar-refractivity contribution in [3.8, 4) is 0 Å². The molecule has 2 rings (SSSR count). The molecule has 1 N–H and O–H groups in total. The third-order valence-electron chi connectivity index (χ3n) is 2.89. The van der Waals surface area contributed by atoms with Crippen LogP contribution < -0.4 is 5.06 Å². The van der Waals surface area contributed by atoms with E-state index in [-0.39, 0.29) is 0 Å². The summed E-state index contributed by atoms with van der Waals surface area (Å²) in [5.74, 6) is 0.373. The maximum absolute atomic E-state index is 12.0. The number of aryl methyl sites for hydroxylation is 2. The molecule has 2 aromatic rings. The van der Waals surface area contributed by atoms with Gasteiger partial charge in [0.15, 0.2) is 0 Å². The van der Waals surface area contributed by atoms with Crippen molar-refractivity contribution in [2.24, 2.45) is 0 Å². The second-order valence-electron chi connectivity index (χ2n) is 5.48. The molecule has 0 saturated heterocycles. The van der Waals surface area contributed by atoms with Crippen LogP contribution >= 0.6 is 0 Å². The zero-order chi connectivity index (χ0) is 12.8. The first-order valence-electron chi connectivity index (χ1n) is 5.73. The molecule has 17 heavy (non-hydrogen) atoms. The quantitative estimate of drug-likeness (QED) is 0.768. The maximum Gasteiger partial charge on any atom is 0.231 e. The lowest BCUT2D eigenvalue weighted by Gasteiger charge is -2.25. The Morgan fingerprint density at radius 2 is 1.76 bits per heavy atom. The standard InChI is InChI=1S/C13H18N3O/c1-8-6-10-11(7-9(8)2)15-12(14-10)16(17)13(3,4)5/h6-7H,1-5H3,(H,14,15). The minimum atomic E-state index is -0.488. The third-order valence-corrected chi connectivity index (χ3v) is 2.89. The highest BCUT2D eigenvalue weighted by Crippen LogP contribution is 2.24. The number of aromatic amines is 1. The lowest BCUT2D eigenvalue weighted by molar-refractivity contribution is 0.0977. The van der Waals surface area contributed by atoms with E-state index in [1.54, 1.807) is 0 Å². The molecular weight excluding hydrogens is 214 g/mol. The molecule has 0 spiro atoms. The van der Waals surface area contributed by atoms with Crippen molar-refractivity contribution in [3.05, 3.63) is 23.3 Å². The van der Waals surface area contributed by atoms with Crippen LogP contribution in [0.5, 0.6) is 0 Å². The number of hydrogen-bond acceptors (Lipinski definition) is 2. The number of aromatic nitrogens is 2. The first-order chi connectivity index (χ1) is 7.79. The Balaban J connectivity index is 2.52. The van der Waals surface area contributed by atoms with Crippen LogP contribution in [-0.2, 0) is 5.21 Å². The van der Waals surface area contributed by atoms with Gasteiger partial charge in [0.05, 0.1) is 16.6 Å². The predicted octanol–water partition coefficient (Wildman–Crippen LogP) is 3.13. The molecule has 0 atom stereocenters. The molecule has 91 valence electrons. The van der Waals surface area contributed by atoms with E-state index in [1.807, 2.05) is 46.8 Å². The van der Waals surface area contributed by atoms with Crippen molar-refractivity contribution < 1.29 is 5.21 Å². The van der Waals surface area contributed by atoms with Gasteiger partial charge in [-0.05, 0) is 57.9 Å². The van der Waals surface area contributed by atoms with Crippen molar-refractivity contribution in [3.63, 3.8) is 0 Å². The van der Waals surface area contributed by atoms with Crippen molar-refractivity contribution in [2.45, 2.75) is 40.2 Å². The van der Waals surface area contributed by atoms with Gasteiger partial charge in [-0.25, -0.2) is 4.98 Å². The van der Waals surface area contributed by atoms with Gasteiger partial charge in [0.25, 0.3) is 0 Å². The number of hydroxylamine groups is 1. The summed E-state index contributed by atoms with van der Waals surface area (Å²) < 4.78 is 0. The fraction of sp³-hybridized carbons (Fsp3) is 0.462. The van der Waals surface area contributed by atoms with Gasteiger partial charge < -0.3 is 4.98 Å². The van der Waals surface area contributed by atoms with Crippen molar-refractivity contribution >= 4 is 17.0 Å². The number of imidazole rings is 1. The van der Waals surface area contributed by atoms with E-state index in [2.05, 4.69) is 9.97 Å². The van der Waals surface area contributed by atoms with Gasteiger partial charge in [-0.15, -0.1) is 0 Å². The Labute approximate surface area is 101 Å². The van der Waals surface area contributed by atoms with E-state index in [1.165, 1.54) is 11.1 Å². The molecular formula is C13H18N3O. The zero-order valence-electron chi connectivity index (χ0n) is 11.0. The number of anilines is 1. The molecule has 0 fully saturated rings. The molecule has 0 bridgehead atoms. The highest BCUT2D eigenvalue weighted by atomic mass is 16.5. The van der Waals surface area contributed by atoms with Crippen molar-refractivity contribution in [2.75, 3.05) is 5.06 Å². The summed E-state index contributed by atoms with van der Waals surface area (Å²) in [5.41, 5.74) is 3.64. The molecule has 0 aliphatic heterocycles. The normalized spacial score (nSPS) is 12.1. The summed E-state index contributed by atoms with van der Waals surface area (Å²) in [7, 11) is 0. The van der Waals surface area contributed by atoms with Crippen LogP contribution in [0.1, 0.15) is 31.9 Å². The van der Waals surface area contributed by atoms with Crippen LogP contribution in [0.15, 0.2) is 12.1 Å². The van der Waals surface area contributed by atoms with E-state index in [0.29, 0.717) is 5.95 Å². The Bertz CT molecular complexity index is 513. The summed E-state index contributed by atoms with van der Waals surface area (Å²) in [6.45, 7) is 9.69. The third kappa shape index (κ3) is 2.13. The smallest absolute Gasteiger partial charge is 0.231 e. The summed E-state index contributed by atoms with van der Waals surface area (Å²) in [6, 6.07) is 4.03. The number of rotatable bonds is 1. The van der Waals surface area contributed by atoms with E-state index < -0.39 is 5.54 Å². The predicted molar refractivity (Wildman–Crippen MR) is 68.5 cm³/mol. The van der Waals surface area contributed by atoms with Crippen LogP contribution in [0, 0.1) is 13.8 Å². The molecule has 4 nitrogen and oxygen atoms in total. The minimum Gasteiger partial charge on any atom is -0.322 e. The molecule has 0 amide bonds. The molecule has 1 aromatic heterocycles. The van der Waals surface area contributed by atoms with Crippen LogP contribution in [0.4, 0.5) is 5.95 Å². The van der Waals surface area contributed by atoms with Gasteiger partial charge >= 0.3 is 0 Å². The summed E-state index contributed by atoms with van der Waals surface area (Å²) >= 11 is 0. The number of nitrogens with one attached hydrogen (secondary N) is 1. The van der Waals surface area contributed by atoms with Crippen LogP contribution in [-0.4, -0.2) is 15.5 Å². The second-order valence-corrected chi connectivity index (χ2v) is 5.48. The SMILES string of the molecule is Cc1cc2nc(N([O])C(C)(C)C)[nH]c2cc1C. The molecule has 4 heteroatoms. The molecule has 1 heterocycles. The van der Waals surface area contributed by atoms with Crippen molar-refractivity contribution in [1.82, 2.24) is 9.97 Å². The average molecular weight is 232 g/mol. The van der Waals surface area contributed by atoms with Gasteiger partial charge in [0.1, 0.15) is 0 Å². The lowest BCUT2D eigenvalue weighted by atomic mass is 10.1. The summed E-state index contributed by atoms with van der Waals surface area (Å²) in [4.78, 5) is 7.41. The highest BCUT2D eigenvalue weighted by Gasteiger charge is 2.24. The number of benzene rings is 1. The fourth-order valence-electron chi connectivity index (χ4n) is 1.67. The number of nitrogens with zero attached hydrogens (tertiary/aromatic N) is 2. The Kier molecular flexibility index (Phi) is 2.62. The monoisotopic (exact) mass is 232 g/mol. The molecule has 1 radical (unpaired) electrons. The average Bonchev–Trinajstić information content (AvgIpc) is 2.59. The van der Waals surface area contributed by atoms with Crippen molar-refractivity contribution in [1.29, 1.82) is 0 Å². The number of H-pyrrole nitrogens is 1. The largest absolute Gasteiger partial charge is 0.322 e. The maximum atomic E-state index is 12.0. The first-order valence-corrected chi connectivity index (χ1v) is 5.73. The van der Waals surface area contributed by atoms with Gasteiger partial charge in [0.2, 0.25) is 5.95 Å². The molecule has 1 aromatic carbocycles. The zero-order valence-corrected chi connectivity index (χ0v) is 11.0. The molecule has 0 saturated carbocycles. The second kappa shape index (κ2) is 3.74. The topological polar surface area (TPSA) is 51.8 Å². The van der Waals surface area contributed by atoms with E-state index in [9.17, 15) is 5.21 Å². The Hall–Kier alpha value is -1.55. The van der Waals surface area contributed by atoms with E-state index in [4.69, 9.17) is 0 Å². The fourth-order valence-corrected chi connectivity index (χ4v) is 1.67. The number of hydrogen-bond donors (Lipinski definition) is 1. The number of fused-ring (bicyclic) bond motifs is 1.